The lowest BCUT2D eigenvalue weighted by Crippen LogP contribution is -2.12. The normalized spacial score (nSPS) is 10.4. The van der Waals surface area contributed by atoms with E-state index in [4.69, 9.17) is 21.9 Å². The molecule has 0 radical (unpaired) electrons. The average Bonchev–Trinajstić information content (AvgIpc) is 2.68. The number of aromatic nitrogens is 3. The van der Waals surface area contributed by atoms with Crippen molar-refractivity contribution in [2.24, 2.45) is 5.84 Å². The lowest BCUT2D eigenvalue weighted by molar-refractivity contribution is 0.478. The Kier molecular flexibility index (Phi) is 3.63. The molecule has 0 atom stereocenters. The van der Waals surface area contributed by atoms with E-state index in [0.29, 0.717) is 23.3 Å². The van der Waals surface area contributed by atoms with Gasteiger partial charge in [0.2, 0.25) is 11.8 Å². The second-order valence-corrected chi connectivity index (χ2v) is 4.04. The average molecular weight is 269 g/mol. The van der Waals surface area contributed by atoms with Gasteiger partial charge in [-0.05, 0) is 13.8 Å². The number of hydrazine groups is 1. The van der Waals surface area contributed by atoms with Crippen LogP contribution in [0.4, 0.5) is 11.8 Å². The van der Waals surface area contributed by atoms with Gasteiger partial charge >= 0.3 is 0 Å². The number of oxazole rings is 1. The molecule has 0 aliphatic carbocycles. The van der Waals surface area contributed by atoms with Crippen molar-refractivity contribution in [2.75, 3.05) is 10.7 Å². The molecule has 4 N–H and O–H groups in total. The van der Waals surface area contributed by atoms with Crippen LogP contribution in [0.1, 0.15) is 17.3 Å². The zero-order chi connectivity index (χ0) is 13.1. The molecule has 7 nitrogen and oxygen atoms in total. The fraction of sp³-hybridized carbons (Fsp3) is 0.300. The van der Waals surface area contributed by atoms with Crippen molar-refractivity contribution in [3.05, 3.63) is 28.6 Å². The third-order valence-electron chi connectivity index (χ3n) is 2.35. The van der Waals surface area contributed by atoms with Gasteiger partial charge in [-0.25, -0.2) is 15.8 Å². The molecule has 2 rings (SSSR count). The molecule has 0 unspecified atom stereocenters. The number of anilines is 2. The molecule has 0 saturated heterocycles. The van der Waals surface area contributed by atoms with Crippen molar-refractivity contribution < 1.29 is 4.42 Å². The van der Waals surface area contributed by atoms with Gasteiger partial charge in [0, 0.05) is 0 Å². The van der Waals surface area contributed by atoms with E-state index in [1.807, 2.05) is 13.8 Å². The number of nitrogens with one attached hydrogen (secondary N) is 2. The molecular weight excluding hydrogens is 256 g/mol. The fourth-order valence-electron chi connectivity index (χ4n) is 1.33. The first-order valence-corrected chi connectivity index (χ1v) is 5.64. The number of hydrogen-bond donors (Lipinski definition) is 3. The Morgan fingerprint density at radius 3 is 2.78 bits per heavy atom. The second kappa shape index (κ2) is 5.19. The summed E-state index contributed by atoms with van der Waals surface area (Å²) in [4.78, 5) is 12.2. The van der Waals surface area contributed by atoms with Crippen LogP contribution >= 0.6 is 11.6 Å². The zero-order valence-electron chi connectivity index (χ0n) is 9.99. The van der Waals surface area contributed by atoms with Crippen LogP contribution in [0.15, 0.2) is 10.6 Å². The van der Waals surface area contributed by atoms with Gasteiger partial charge in [0.15, 0.2) is 5.82 Å². The molecule has 0 aliphatic heterocycles. The summed E-state index contributed by atoms with van der Waals surface area (Å²) in [5.41, 5.74) is 3.21. The Morgan fingerprint density at radius 2 is 2.17 bits per heavy atom. The summed E-state index contributed by atoms with van der Waals surface area (Å²) in [6.45, 7) is 4.13. The Hall–Kier alpha value is -1.86. The third-order valence-corrected chi connectivity index (χ3v) is 2.63. The molecule has 2 aromatic heterocycles. The summed E-state index contributed by atoms with van der Waals surface area (Å²) in [6.07, 6.45) is 1.46. The first kappa shape index (κ1) is 12.6. The van der Waals surface area contributed by atoms with E-state index in [0.717, 1.165) is 11.5 Å². The first-order chi connectivity index (χ1) is 8.60. The minimum Gasteiger partial charge on any atom is -0.444 e. The zero-order valence-corrected chi connectivity index (χ0v) is 10.7. The highest BCUT2D eigenvalue weighted by atomic mass is 35.5. The van der Waals surface area contributed by atoms with Crippen LogP contribution in [0.25, 0.3) is 0 Å². The molecule has 0 fully saturated rings. The van der Waals surface area contributed by atoms with Crippen molar-refractivity contribution in [3.63, 3.8) is 0 Å². The monoisotopic (exact) mass is 268 g/mol. The number of halogens is 1. The summed E-state index contributed by atoms with van der Waals surface area (Å²) in [7, 11) is 0. The summed E-state index contributed by atoms with van der Waals surface area (Å²) in [5, 5.41) is 3.41. The largest absolute Gasteiger partial charge is 0.444 e. The number of nitrogens with zero attached hydrogens (tertiary/aromatic N) is 3. The molecule has 0 saturated carbocycles. The molecule has 0 bridgehead atoms. The highest BCUT2D eigenvalue weighted by Crippen LogP contribution is 2.20. The quantitative estimate of drug-likeness (QED) is 0.572. The molecule has 0 aromatic carbocycles. The van der Waals surface area contributed by atoms with Gasteiger partial charge in [0.25, 0.3) is 0 Å². The van der Waals surface area contributed by atoms with Gasteiger partial charge in [-0.1, -0.05) is 11.6 Å². The highest BCUT2D eigenvalue weighted by Gasteiger charge is 2.08. The summed E-state index contributed by atoms with van der Waals surface area (Å²) in [5.74, 6) is 7.34. The van der Waals surface area contributed by atoms with Gasteiger partial charge in [-0.15, -0.1) is 0 Å². The lowest BCUT2D eigenvalue weighted by atomic mass is 10.4. The molecule has 18 heavy (non-hydrogen) atoms. The van der Waals surface area contributed by atoms with Crippen LogP contribution in [0.5, 0.6) is 0 Å². The van der Waals surface area contributed by atoms with Crippen molar-refractivity contribution in [1.82, 2.24) is 15.0 Å². The standard InChI is InChI=1S/C10H13ClN6O/c1-5-6(2)18-8(15-5)4-13-9-7(11)3-14-10(16-9)17-12/h3H,4,12H2,1-2H3,(H2,13,14,16,17). The predicted molar refractivity (Wildman–Crippen MR) is 68.2 cm³/mol. The topological polar surface area (TPSA) is 102 Å². The van der Waals surface area contributed by atoms with Gasteiger partial charge in [0.1, 0.15) is 10.8 Å². The van der Waals surface area contributed by atoms with Gasteiger partial charge in [-0.3, -0.25) is 5.43 Å². The van der Waals surface area contributed by atoms with Gasteiger partial charge < -0.3 is 9.73 Å². The highest BCUT2D eigenvalue weighted by molar-refractivity contribution is 6.32. The maximum Gasteiger partial charge on any atom is 0.239 e. The molecule has 2 aromatic rings. The van der Waals surface area contributed by atoms with E-state index in [1.165, 1.54) is 6.20 Å². The SMILES string of the molecule is Cc1nc(CNc2nc(NN)ncc2Cl)oc1C. The number of nitrogen functional groups attached to an aromatic ring is 1. The van der Waals surface area contributed by atoms with Gasteiger partial charge in [-0.2, -0.15) is 4.98 Å². The van der Waals surface area contributed by atoms with Crippen LogP contribution in [-0.4, -0.2) is 15.0 Å². The van der Waals surface area contributed by atoms with Crippen molar-refractivity contribution in [2.45, 2.75) is 20.4 Å². The lowest BCUT2D eigenvalue weighted by Gasteiger charge is -2.06. The molecule has 0 spiro atoms. The maximum absolute atomic E-state index is 5.95. The van der Waals surface area contributed by atoms with Crippen molar-refractivity contribution >= 4 is 23.4 Å². The number of rotatable bonds is 4. The summed E-state index contributed by atoms with van der Waals surface area (Å²) in [6, 6.07) is 0. The number of hydrogen-bond acceptors (Lipinski definition) is 7. The van der Waals surface area contributed by atoms with Crippen molar-refractivity contribution in [1.29, 1.82) is 0 Å². The van der Waals surface area contributed by atoms with E-state index in [1.54, 1.807) is 0 Å². The smallest absolute Gasteiger partial charge is 0.239 e. The Bertz CT molecular complexity index is 536. The van der Waals surface area contributed by atoms with Crippen LogP contribution in [0, 0.1) is 13.8 Å². The summed E-state index contributed by atoms with van der Waals surface area (Å²) < 4.78 is 5.43. The fourth-order valence-corrected chi connectivity index (χ4v) is 1.49. The van der Waals surface area contributed by atoms with E-state index in [9.17, 15) is 0 Å². The summed E-state index contributed by atoms with van der Waals surface area (Å²) >= 11 is 5.95. The maximum atomic E-state index is 5.95. The second-order valence-electron chi connectivity index (χ2n) is 3.64. The molecule has 8 heteroatoms. The molecule has 0 aliphatic rings. The molecule has 2 heterocycles. The number of aryl methyl sites for hydroxylation is 2. The van der Waals surface area contributed by atoms with E-state index in [2.05, 4.69) is 25.7 Å². The minimum atomic E-state index is 0.279. The van der Waals surface area contributed by atoms with Gasteiger partial charge in [0.05, 0.1) is 18.4 Å². The third kappa shape index (κ3) is 2.69. The van der Waals surface area contributed by atoms with Crippen LogP contribution in [-0.2, 0) is 6.54 Å². The first-order valence-electron chi connectivity index (χ1n) is 5.26. The predicted octanol–water partition coefficient (Wildman–Crippen LogP) is 1.63. The van der Waals surface area contributed by atoms with E-state index in [-0.39, 0.29) is 5.95 Å². The van der Waals surface area contributed by atoms with Crippen LogP contribution in [0.3, 0.4) is 0 Å². The van der Waals surface area contributed by atoms with E-state index >= 15 is 0 Å². The minimum absolute atomic E-state index is 0.279. The Labute approximate surface area is 109 Å². The van der Waals surface area contributed by atoms with Crippen LogP contribution < -0.4 is 16.6 Å². The van der Waals surface area contributed by atoms with Crippen molar-refractivity contribution in [3.8, 4) is 0 Å². The van der Waals surface area contributed by atoms with E-state index < -0.39 is 0 Å². The Morgan fingerprint density at radius 1 is 1.39 bits per heavy atom. The molecular formula is C10H13ClN6O. The van der Waals surface area contributed by atoms with Crippen LogP contribution in [0.2, 0.25) is 5.02 Å². The Balaban J connectivity index is 2.10. The number of nitrogens with two attached hydrogens (primary N) is 1. The molecule has 0 amide bonds. The molecule has 96 valence electrons.